The van der Waals surface area contributed by atoms with Crippen LogP contribution in [0.1, 0.15) is 10.8 Å². The second-order valence-corrected chi connectivity index (χ2v) is 5.42. The number of halogens is 1. The molecule has 0 saturated heterocycles. The Bertz CT molecular complexity index is 740. The van der Waals surface area contributed by atoms with Gasteiger partial charge in [-0.15, -0.1) is 10.2 Å². The Hall–Kier alpha value is -2.18. The van der Waals surface area contributed by atoms with Crippen molar-refractivity contribution in [3.8, 4) is 5.75 Å². The molecular formula is C14H10ClN3O2S. The first-order chi connectivity index (χ1) is 10.3. The predicted molar refractivity (Wildman–Crippen MR) is 81.7 cm³/mol. The highest BCUT2D eigenvalue weighted by molar-refractivity contribution is 7.14. The Kier molecular flexibility index (Phi) is 4.28. The van der Waals surface area contributed by atoms with Crippen LogP contribution in [0.2, 0.25) is 5.02 Å². The van der Waals surface area contributed by atoms with E-state index in [1.807, 2.05) is 18.2 Å². The van der Waals surface area contributed by atoms with Crippen molar-refractivity contribution >= 4 is 34.3 Å². The van der Waals surface area contributed by atoms with Crippen LogP contribution in [-0.4, -0.2) is 16.4 Å². The molecular weight excluding hydrogens is 310 g/mol. The SMILES string of the molecule is Clc1ccccc1OCc1nnc(/N=C/c2ccco2)s1. The number of aliphatic imine (C=N–C) groups is 1. The van der Waals surface area contributed by atoms with Gasteiger partial charge in [0, 0.05) is 0 Å². The van der Waals surface area contributed by atoms with Crippen molar-refractivity contribution < 1.29 is 9.15 Å². The van der Waals surface area contributed by atoms with Gasteiger partial charge < -0.3 is 9.15 Å². The lowest BCUT2D eigenvalue weighted by atomic mass is 10.3. The van der Waals surface area contributed by atoms with Crippen molar-refractivity contribution in [3.05, 3.63) is 58.5 Å². The molecule has 0 saturated carbocycles. The lowest BCUT2D eigenvalue weighted by molar-refractivity contribution is 0.305. The molecule has 0 spiro atoms. The number of hydrogen-bond acceptors (Lipinski definition) is 6. The van der Waals surface area contributed by atoms with Crippen LogP contribution in [0.4, 0.5) is 5.13 Å². The lowest BCUT2D eigenvalue weighted by Crippen LogP contribution is -1.95. The summed E-state index contributed by atoms with van der Waals surface area (Å²) in [7, 11) is 0. The maximum absolute atomic E-state index is 6.01. The van der Waals surface area contributed by atoms with E-state index in [0.29, 0.717) is 28.3 Å². The van der Waals surface area contributed by atoms with Crippen molar-refractivity contribution in [2.45, 2.75) is 6.61 Å². The highest BCUT2D eigenvalue weighted by Gasteiger charge is 2.05. The van der Waals surface area contributed by atoms with Gasteiger partial charge in [0.15, 0.2) is 5.01 Å². The first-order valence-electron chi connectivity index (χ1n) is 6.08. The van der Waals surface area contributed by atoms with E-state index in [1.54, 1.807) is 30.7 Å². The third-order valence-electron chi connectivity index (χ3n) is 2.49. The van der Waals surface area contributed by atoms with E-state index in [-0.39, 0.29) is 0 Å². The molecule has 3 rings (SSSR count). The van der Waals surface area contributed by atoms with Crippen molar-refractivity contribution in [1.82, 2.24) is 10.2 Å². The molecule has 1 aromatic carbocycles. The number of benzene rings is 1. The molecule has 0 aliphatic rings. The van der Waals surface area contributed by atoms with Gasteiger partial charge in [-0.2, -0.15) is 0 Å². The Labute approximate surface area is 129 Å². The Morgan fingerprint density at radius 1 is 1.24 bits per heavy atom. The normalized spacial score (nSPS) is 11.1. The number of nitrogens with zero attached hydrogens (tertiary/aromatic N) is 3. The fourth-order valence-electron chi connectivity index (χ4n) is 1.54. The molecule has 0 fully saturated rings. The van der Waals surface area contributed by atoms with E-state index in [1.165, 1.54) is 11.3 Å². The third kappa shape index (κ3) is 3.68. The van der Waals surface area contributed by atoms with Crippen LogP contribution in [0.5, 0.6) is 5.75 Å². The quantitative estimate of drug-likeness (QED) is 0.664. The van der Waals surface area contributed by atoms with Crippen molar-refractivity contribution in [2.75, 3.05) is 0 Å². The van der Waals surface area contributed by atoms with Gasteiger partial charge in [0.25, 0.3) is 0 Å². The summed E-state index contributed by atoms with van der Waals surface area (Å²) in [6.45, 7) is 0.303. The summed E-state index contributed by atoms with van der Waals surface area (Å²) in [4.78, 5) is 4.19. The molecule has 0 atom stereocenters. The van der Waals surface area contributed by atoms with E-state index in [2.05, 4.69) is 15.2 Å². The Morgan fingerprint density at radius 2 is 2.14 bits per heavy atom. The summed E-state index contributed by atoms with van der Waals surface area (Å²) in [5, 5.41) is 9.82. The first-order valence-corrected chi connectivity index (χ1v) is 7.28. The second-order valence-electron chi connectivity index (χ2n) is 3.97. The van der Waals surface area contributed by atoms with Gasteiger partial charge in [-0.3, -0.25) is 0 Å². The van der Waals surface area contributed by atoms with E-state index in [4.69, 9.17) is 20.8 Å². The summed E-state index contributed by atoms with van der Waals surface area (Å²) in [5.41, 5.74) is 0. The van der Waals surface area contributed by atoms with Crippen LogP contribution in [0.15, 0.2) is 52.1 Å². The van der Waals surface area contributed by atoms with Gasteiger partial charge in [-0.25, -0.2) is 4.99 Å². The van der Waals surface area contributed by atoms with Gasteiger partial charge in [0.05, 0.1) is 17.5 Å². The molecule has 0 aliphatic heterocycles. The smallest absolute Gasteiger partial charge is 0.231 e. The van der Waals surface area contributed by atoms with Crippen LogP contribution in [-0.2, 0) is 6.61 Å². The van der Waals surface area contributed by atoms with Gasteiger partial charge in [-0.05, 0) is 24.3 Å². The molecule has 0 radical (unpaired) electrons. The fraction of sp³-hybridized carbons (Fsp3) is 0.0714. The van der Waals surface area contributed by atoms with Crippen LogP contribution >= 0.6 is 22.9 Å². The maximum Gasteiger partial charge on any atom is 0.231 e. The van der Waals surface area contributed by atoms with Gasteiger partial charge in [0.1, 0.15) is 18.1 Å². The molecule has 0 amide bonds. The molecule has 0 unspecified atom stereocenters. The number of furan rings is 1. The molecule has 3 aromatic rings. The van der Waals surface area contributed by atoms with Crippen molar-refractivity contribution in [1.29, 1.82) is 0 Å². The van der Waals surface area contributed by atoms with Gasteiger partial charge in [0.2, 0.25) is 5.13 Å². The average Bonchev–Trinajstić information content (AvgIpc) is 3.16. The Morgan fingerprint density at radius 3 is 2.95 bits per heavy atom. The minimum absolute atomic E-state index is 0.303. The fourth-order valence-corrected chi connectivity index (χ4v) is 2.33. The summed E-state index contributed by atoms with van der Waals surface area (Å²) in [6, 6.07) is 10.9. The van der Waals surface area contributed by atoms with E-state index >= 15 is 0 Å². The zero-order valence-corrected chi connectivity index (χ0v) is 12.3. The monoisotopic (exact) mass is 319 g/mol. The first kappa shape index (κ1) is 13.8. The third-order valence-corrected chi connectivity index (χ3v) is 3.61. The van der Waals surface area contributed by atoms with Crippen LogP contribution in [0, 0.1) is 0 Å². The highest BCUT2D eigenvalue weighted by atomic mass is 35.5. The molecule has 7 heteroatoms. The molecule has 2 aromatic heterocycles. The van der Waals surface area contributed by atoms with Crippen molar-refractivity contribution in [2.24, 2.45) is 4.99 Å². The summed E-state index contributed by atoms with van der Waals surface area (Å²) >= 11 is 7.36. The summed E-state index contributed by atoms with van der Waals surface area (Å²) < 4.78 is 10.7. The standard InChI is InChI=1S/C14H10ClN3O2S/c15-11-5-1-2-6-12(11)20-9-13-17-18-14(21-13)16-8-10-4-3-7-19-10/h1-8H,9H2/b16-8+. The number of aromatic nitrogens is 2. The van der Waals surface area contributed by atoms with Crippen LogP contribution in [0.3, 0.4) is 0 Å². The molecule has 21 heavy (non-hydrogen) atoms. The van der Waals surface area contributed by atoms with Crippen molar-refractivity contribution in [3.63, 3.8) is 0 Å². The molecule has 0 N–H and O–H groups in total. The minimum atomic E-state index is 0.303. The highest BCUT2D eigenvalue weighted by Crippen LogP contribution is 2.25. The van der Waals surface area contributed by atoms with Gasteiger partial charge in [-0.1, -0.05) is 35.1 Å². The number of ether oxygens (including phenoxy) is 1. The summed E-state index contributed by atoms with van der Waals surface area (Å²) in [6.07, 6.45) is 3.18. The second kappa shape index (κ2) is 6.51. The van der Waals surface area contributed by atoms with Crippen LogP contribution in [0.25, 0.3) is 0 Å². The van der Waals surface area contributed by atoms with E-state index in [9.17, 15) is 0 Å². The summed E-state index contributed by atoms with van der Waals surface area (Å²) in [5.74, 6) is 1.29. The largest absolute Gasteiger partial charge is 0.485 e. The lowest BCUT2D eigenvalue weighted by Gasteiger charge is -2.04. The molecule has 2 heterocycles. The van der Waals surface area contributed by atoms with Crippen LogP contribution < -0.4 is 4.74 Å². The molecule has 0 bridgehead atoms. The zero-order valence-electron chi connectivity index (χ0n) is 10.8. The number of rotatable bonds is 5. The predicted octanol–water partition coefficient (Wildman–Crippen LogP) is 4.11. The average molecular weight is 320 g/mol. The molecule has 5 nitrogen and oxygen atoms in total. The Balaban J connectivity index is 1.62. The van der Waals surface area contributed by atoms with Gasteiger partial charge >= 0.3 is 0 Å². The zero-order chi connectivity index (χ0) is 14.5. The topological polar surface area (TPSA) is 60.5 Å². The maximum atomic E-state index is 6.01. The van der Waals surface area contributed by atoms with E-state index in [0.717, 1.165) is 5.01 Å². The molecule has 106 valence electrons. The molecule has 0 aliphatic carbocycles. The minimum Gasteiger partial charge on any atom is -0.485 e. The number of para-hydroxylation sites is 1. The van der Waals surface area contributed by atoms with E-state index < -0.39 is 0 Å². The number of hydrogen-bond donors (Lipinski definition) is 0.